The van der Waals surface area contributed by atoms with Crippen LogP contribution in [0.1, 0.15) is 48.7 Å². The van der Waals surface area contributed by atoms with Gasteiger partial charge in [0.05, 0.1) is 0 Å². The van der Waals surface area contributed by atoms with Crippen LogP contribution in [-0.2, 0) is 5.41 Å². The van der Waals surface area contributed by atoms with Crippen molar-refractivity contribution >= 4 is 17.5 Å². The molecule has 0 aliphatic heterocycles. The van der Waals surface area contributed by atoms with Crippen LogP contribution in [0.5, 0.6) is 0 Å². The summed E-state index contributed by atoms with van der Waals surface area (Å²) >= 11 is 1.61. The number of thioether (sulfide) groups is 1. The van der Waals surface area contributed by atoms with Gasteiger partial charge in [0.15, 0.2) is 5.78 Å². The lowest BCUT2D eigenvalue weighted by atomic mass is 9.82. The van der Waals surface area contributed by atoms with Crippen LogP contribution in [0.4, 0.5) is 0 Å². The van der Waals surface area contributed by atoms with Crippen molar-refractivity contribution in [1.82, 2.24) is 0 Å². The van der Waals surface area contributed by atoms with Gasteiger partial charge in [-0.2, -0.15) is 0 Å². The zero-order chi connectivity index (χ0) is 15.5. The minimum absolute atomic E-state index is 0.0980. The van der Waals surface area contributed by atoms with Crippen molar-refractivity contribution in [2.75, 3.05) is 6.26 Å². The Morgan fingerprint density at radius 1 is 1.05 bits per heavy atom. The smallest absolute Gasteiger partial charge is 0.194 e. The Bertz CT molecular complexity index is 626. The van der Waals surface area contributed by atoms with Crippen LogP contribution in [0.15, 0.2) is 53.4 Å². The second kappa shape index (κ2) is 6.48. The van der Waals surface area contributed by atoms with E-state index < -0.39 is 0 Å². The van der Waals surface area contributed by atoms with E-state index >= 15 is 0 Å². The lowest BCUT2D eigenvalue weighted by Gasteiger charge is -2.23. The third-order valence-corrected chi connectivity index (χ3v) is 4.96. The van der Waals surface area contributed by atoms with E-state index in [0.717, 1.165) is 22.4 Å². The van der Waals surface area contributed by atoms with Gasteiger partial charge in [-0.1, -0.05) is 57.2 Å². The summed E-state index contributed by atoms with van der Waals surface area (Å²) in [5, 5.41) is 0. The molecular formula is C19H22OS. The zero-order valence-corrected chi connectivity index (χ0v) is 14.0. The van der Waals surface area contributed by atoms with Gasteiger partial charge in [-0.3, -0.25) is 4.79 Å². The molecule has 0 heterocycles. The normalized spacial score (nSPS) is 11.4. The average molecular weight is 298 g/mol. The Labute approximate surface area is 131 Å². The summed E-state index contributed by atoms with van der Waals surface area (Å²) in [6.07, 6.45) is 3.08. The van der Waals surface area contributed by atoms with Crippen molar-refractivity contribution < 1.29 is 4.79 Å². The molecule has 1 nitrogen and oxygen atoms in total. The molecule has 0 atom stereocenters. The lowest BCUT2D eigenvalue weighted by Crippen LogP contribution is -2.15. The SMILES string of the molecule is CCC(C)(C)c1ccc(C(=O)c2ccccc2SC)cc1. The number of hydrogen-bond acceptors (Lipinski definition) is 2. The van der Waals surface area contributed by atoms with Gasteiger partial charge in [0.1, 0.15) is 0 Å². The molecule has 0 N–H and O–H groups in total. The highest BCUT2D eigenvalue weighted by Crippen LogP contribution is 2.28. The number of carbonyl (C=O) groups is 1. The van der Waals surface area contributed by atoms with Gasteiger partial charge in [0.25, 0.3) is 0 Å². The summed E-state index contributed by atoms with van der Waals surface area (Å²) in [6.45, 7) is 6.65. The van der Waals surface area contributed by atoms with E-state index in [1.165, 1.54) is 5.56 Å². The summed E-state index contributed by atoms with van der Waals surface area (Å²) in [6, 6.07) is 15.8. The first-order chi connectivity index (χ1) is 9.99. The summed E-state index contributed by atoms with van der Waals surface area (Å²) in [7, 11) is 0. The molecule has 0 amide bonds. The second-order valence-corrected chi connectivity index (χ2v) is 6.69. The molecule has 0 fully saturated rings. The highest BCUT2D eigenvalue weighted by Gasteiger charge is 2.19. The molecule has 2 heteroatoms. The van der Waals surface area contributed by atoms with Crippen molar-refractivity contribution in [2.45, 2.75) is 37.5 Å². The van der Waals surface area contributed by atoms with Crippen LogP contribution in [0, 0.1) is 0 Å². The fourth-order valence-electron chi connectivity index (χ4n) is 2.26. The van der Waals surface area contributed by atoms with E-state index in [0.29, 0.717) is 0 Å². The third kappa shape index (κ3) is 3.38. The lowest BCUT2D eigenvalue weighted by molar-refractivity contribution is 0.103. The van der Waals surface area contributed by atoms with Crippen molar-refractivity contribution in [3.63, 3.8) is 0 Å². The summed E-state index contributed by atoms with van der Waals surface area (Å²) < 4.78 is 0. The third-order valence-electron chi connectivity index (χ3n) is 4.16. The molecule has 21 heavy (non-hydrogen) atoms. The van der Waals surface area contributed by atoms with Crippen molar-refractivity contribution in [2.24, 2.45) is 0 Å². The van der Waals surface area contributed by atoms with Crippen molar-refractivity contribution in [1.29, 1.82) is 0 Å². The molecule has 2 aromatic rings. The zero-order valence-electron chi connectivity index (χ0n) is 13.1. The molecule has 2 rings (SSSR count). The first-order valence-electron chi connectivity index (χ1n) is 7.28. The molecule has 2 aromatic carbocycles. The van der Waals surface area contributed by atoms with Crippen LogP contribution >= 0.6 is 11.8 Å². The average Bonchev–Trinajstić information content (AvgIpc) is 2.54. The van der Waals surface area contributed by atoms with E-state index in [9.17, 15) is 4.79 Å². The van der Waals surface area contributed by atoms with Gasteiger partial charge in [-0.25, -0.2) is 0 Å². The molecule has 0 unspecified atom stereocenters. The van der Waals surface area contributed by atoms with Gasteiger partial charge < -0.3 is 0 Å². The van der Waals surface area contributed by atoms with Gasteiger partial charge in [0, 0.05) is 16.0 Å². The minimum atomic E-state index is 0.0980. The summed E-state index contributed by atoms with van der Waals surface area (Å²) in [4.78, 5) is 13.7. The fraction of sp³-hybridized carbons (Fsp3) is 0.316. The van der Waals surface area contributed by atoms with Gasteiger partial charge >= 0.3 is 0 Å². The second-order valence-electron chi connectivity index (χ2n) is 5.84. The number of rotatable bonds is 5. The van der Waals surface area contributed by atoms with Crippen molar-refractivity contribution in [3.05, 3.63) is 65.2 Å². The predicted molar refractivity (Wildman–Crippen MR) is 91.4 cm³/mol. The van der Waals surface area contributed by atoms with Crippen LogP contribution < -0.4 is 0 Å². The highest BCUT2D eigenvalue weighted by atomic mass is 32.2. The number of carbonyl (C=O) groups excluding carboxylic acids is 1. The Hall–Kier alpha value is -1.54. The molecule has 0 radical (unpaired) electrons. The largest absolute Gasteiger partial charge is 0.289 e. The Kier molecular flexibility index (Phi) is 4.89. The maximum absolute atomic E-state index is 12.6. The van der Waals surface area contributed by atoms with E-state index in [1.54, 1.807) is 11.8 Å². The van der Waals surface area contributed by atoms with E-state index in [-0.39, 0.29) is 11.2 Å². The monoisotopic (exact) mass is 298 g/mol. The van der Waals surface area contributed by atoms with E-state index in [1.807, 2.05) is 42.7 Å². The summed E-state index contributed by atoms with van der Waals surface area (Å²) in [5.74, 6) is 0.0980. The van der Waals surface area contributed by atoms with Crippen LogP contribution in [0.3, 0.4) is 0 Å². The molecule has 0 aliphatic rings. The predicted octanol–water partition coefficient (Wildman–Crippen LogP) is 5.33. The van der Waals surface area contributed by atoms with Gasteiger partial charge in [-0.05, 0) is 35.8 Å². The number of hydrogen-bond donors (Lipinski definition) is 0. The van der Waals surface area contributed by atoms with E-state index in [2.05, 4.69) is 32.9 Å². The topological polar surface area (TPSA) is 17.1 Å². The Balaban J connectivity index is 2.33. The standard InChI is InChI=1S/C19H22OS/c1-5-19(2,3)15-12-10-14(11-13-15)18(20)16-8-6-7-9-17(16)21-4/h6-13H,5H2,1-4H3. The summed E-state index contributed by atoms with van der Waals surface area (Å²) in [5.41, 5.74) is 2.97. The van der Waals surface area contributed by atoms with E-state index in [4.69, 9.17) is 0 Å². The maximum Gasteiger partial charge on any atom is 0.194 e. The highest BCUT2D eigenvalue weighted by molar-refractivity contribution is 7.98. The molecule has 0 aromatic heterocycles. The van der Waals surface area contributed by atoms with Crippen LogP contribution in [-0.4, -0.2) is 12.0 Å². The number of ketones is 1. The van der Waals surface area contributed by atoms with Crippen LogP contribution in [0.2, 0.25) is 0 Å². The van der Waals surface area contributed by atoms with Gasteiger partial charge in [-0.15, -0.1) is 11.8 Å². The Morgan fingerprint density at radius 2 is 1.67 bits per heavy atom. The molecule has 0 saturated carbocycles. The first-order valence-corrected chi connectivity index (χ1v) is 8.50. The molecule has 0 saturated heterocycles. The molecule has 0 spiro atoms. The van der Waals surface area contributed by atoms with Crippen molar-refractivity contribution in [3.8, 4) is 0 Å². The quantitative estimate of drug-likeness (QED) is 0.548. The molecule has 0 aliphatic carbocycles. The molecular weight excluding hydrogens is 276 g/mol. The van der Waals surface area contributed by atoms with Gasteiger partial charge in [0.2, 0.25) is 0 Å². The molecule has 0 bridgehead atoms. The first kappa shape index (κ1) is 15.8. The molecule has 110 valence electrons. The number of benzene rings is 2. The Morgan fingerprint density at radius 3 is 2.24 bits per heavy atom. The fourth-order valence-corrected chi connectivity index (χ4v) is 2.86. The van der Waals surface area contributed by atoms with Crippen LogP contribution in [0.25, 0.3) is 0 Å². The minimum Gasteiger partial charge on any atom is -0.289 e. The maximum atomic E-state index is 12.6.